The van der Waals surface area contributed by atoms with Crippen LogP contribution >= 0.6 is 0 Å². The number of methoxy groups -OCH3 is 1. The molecule has 2 unspecified atom stereocenters. The second kappa shape index (κ2) is 12.4. The van der Waals surface area contributed by atoms with E-state index < -0.39 is 0 Å². The Morgan fingerprint density at radius 3 is 2.35 bits per heavy atom. The number of urea groups is 1. The first kappa shape index (κ1) is 24.8. The van der Waals surface area contributed by atoms with Gasteiger partial charge in [-0.2, -0.15) is 0 Å². The number of piperazine rings is 1. The summed E-state index contributed by atoms with van der Waals surface area (Å²) in [4.78, 5) is 31.7. The van der Waals surface area contributed by atoms with Crippen molar-refractivity contribution in [2.24, 2.45) is 5.92 Å². The molecule has 3 aliphatic heterocycles. The van der Waals surface area contributed by atoms with Crippen molar-refractivity contribution in [2.75, 3.05) is 79.4 Å². The lowest BCUT2D eigenvalue weighted by Crippen LogP contribution is -2.56. The number of carbonyl (C=O) groups is 2. The zero-order valence-corrected chi connectivity index (χ0v) is 20.2. The lowest BCUT2D eigenvalue weighted by atomic mass is 9.97. The maximum atomic E-state index is 12.9. The van der Waals surface area contributed by atoms with Gasteiger partial charge in [0, 0.05) is 70.8 Å². The smallest absolute Gasteiger partial charge is 0.317 e. The Morgan fingerprint density at radius 1 is 1.00 bits per heavy atom. The van der Waals surface area contributed by atoms with Crippen molar-refractivity contribution in [3.05, 3.63) is 29.8 Å². The van der Waals surface area contributed by atoms with Gasteiger partial charge in [0.15, 0.2) is 0 Å². The molecule has 1 N–H and O–H groups in total. The van der Waals surface area contributed by atoms with Gasteiger partial charge in [-0.3, -0.25) is 9.69 Å². The average Bonchev–Trinajstić information content (AvgIpc) is 3.43. The van der Waals surface area contributed by atoms with Crippen molar-refractivity contribution in [1.82, 2.24) is 20.0 Å². The van der Waals surface area contributed by atoms with Crippen LogP contribution in [0.3, 0.4) is 0 Å². The molecule has 0 bridgehead atoms. The fourth-order valence-electron chi connectivity index (χ4n) is 5.02. The molecular weight excluding hydrogens is 436 g/mol. The van der Waals surface area contributed by atoms with Gasteiger partial charge in [-0.05, 0) is 30.5 Å². The molecular formula is C25H38N4O5. The van der Waals surface area contributed by atoms with Crippen LogP contribution in [-0.4, -0.2) is 112 Å². The fourth-order valence-corrected chi connectivity index (χ4v) is 5.02. The number of aryl methyl sites for hydroxylation is 1. The predicted molar refractivity (Wildman–Crippen MR) is 128 cm³/mol. The van der Waals surface area contributed by atoms with E-state index in [1.807, 2.05) is 34.1 Å². The number of hydrogen-bond donors (Lipinski definition) is 1. The number of hydrogen-bond acceptors (Lipinski definition) is 6. The third kappa shape index (κ3) is 6.61. The summed E-state index contributed by atoms with van der Waals surface area (Å²) in [5, 5.41) is 3.16. The highest BCUT2D eigenvalue weighted by atomic mass is 16.5. The van der Waals surface area contributed by atoms with Crippen LogP contribution in [0, 0.1) is 5.92 Å². The molecule has 1 aromatic rings. The summed E-state index contributed by atoms with van der Waals surface area (Å²) in [5.41, 5.74) is 1.12. The van der Waals surface area contributed by atoms with Crippen LogP contribution in [0.15, 0.2) is 24.3 Å². The highest BCUT2D eigenvalue weighted by Gasteiger charge is 2.32. The van der Waals surface area contributed by atoms with Crippen molar-refractivity contribution < 1.29 is 23.8 Å². The summed E-state index contributed by atoms with van der Waals surface area (Å²) < 4.78 is 16.3. The third-order valence-corrected chi connectivity index (χ3v) is 7.19. The Kier molecular flexibility index (Phi) is 9.01. The molecule has 3 aliphatic rings. The van der Waals surface area contributed by atoms with Crippen LogP contribution in [-0.2, 0) is 20.7 Å². The highest BCUT2D eigenvalue weighted by molar-refractivity contribution is 5.78. The van der Waals surface area contributed by atoms with Gasteiger partial charge in [-0.25, -0.2) is 4.79 Å². The third-order valence-electron chi connectivity index (χ3n) is 7.19. The van der Waals surface area contributed by atoms with Crippen molar-refractivity contribution in [3.8, 4) is 5.75 Å². The maximum absolute atomic E-state index is 12.9. The highest BCUT2D eigenvalue weighted by Crippen LogP contribution is 2.22. The van der Waals surface area contributed by atoms with E-state index in [9.17, 15) is 9.59 Å². The van der Waals surface area contributed by atoms with Crippen molar-refractivity contribution in [3.63, 3.8) is 0 Å². The van der Waals surface area contributed by atoms with Gasteiger partial charge < -0.3 is 29.3 Å². The summed E-state index contributed by atoms with van der Waals surface area (Å²) in [5.74, 6) is 1.40. The maximum Gasteiger partial charge on any atom is 0.317 e. The van der Waals surface area contributed by atoms with Crippen molar-refractivity contribution in [1.29, 1.82) is 0 Å². The van der Waals surface area contributed by atoms with Gasteiger partial charge in [0.05, 0.1) is 26.9 Å². The van der Waals surface area contributed by atoms with Crippen molar-refractivity contribution >= 4 is 11.9 Å². The van der Waals surface area contributed by atoms with Crippen molar-refractivity contribution in [2.45, 2.75) is 25.3 Å². The molecule has 9 heteroatoms. The predicted octanol–water partition coefficient (Wildman–Crippen LogP) is 1.22. The van der Waals surface area contributed by atoms with E-state index in [4.69, 9.17) is 14.2 Å². The van der Waals surface area contributed by atoms with Gasteiger partial charge >= 0.3 is 6.03 Å². The Bertz CT molecular complexity index is 785. The van der Waals surface area contributed by atoms with Crippen LogP contribution in [0.4, 0.5) is 4.79 Å². The number of amides is 3. The monoisotopic (exact) mass is 474 g/mol. The van der Waals surface area contributed by atoms with E-state index >= 15 is 0 Å². The van der Waals surface area contributed by atoms with E-state index in [0.717, 1.165) is 57.3 Å². The number of nitrogens with one attached hydrogen (secondary N) is 1. The van der Waals surface area contributed by atoms with Gasteiger partial charge in [0.2, 0.25) is 5.91 Å². The molecule has 0 spiro atoms. The van der Waals surface area contributed by atoms with Gasteiger partial charge in [-0.15, -0.1) is 0 Å². The topological polar surface area (TPSA) is 83.6 Å². The molecule has 0 aliphatic carbocycles. The van der Waals surface area contributed by atoms with Crippen LogP contribution < -0.4 is 10.1 Å². The van der Waals surface area contributed by atoms with Crippen LogP contribution in [0.5, 0.6) is 5.75 Å². The Hall–Kier alpha value is -2.36. The Balaban J connectivity index is 1.19. The van der Waals surface area contributed by atoms with Crippen LogP contribution in [0.1, 0.15) is 18.4 Å². The fraction of sp³-hybridized carbons (Fsp3) is 0.680. The molecule has 9 nitrogen and oxygen atoms in total. The number of morpholine rings is 1. The molecule has 188 valence electrons. The quantitative estimate of drug-likeness (QED) is 0.610. The van der Waals surface area contributed by atoms with Crippen LogP contribution in [0.2, 0.25) is 0 Å². The Morgan fingerprint density at radius 2 is 1.71 bits per heavy atom. The summed E-state index contributed by atoms with van der Waals surface area (Å²) >= 11 is 0. The minimum atomic E-state index is -0.0393. The molecule has 3 fully saturated rings. The first-order valence-corrected chi connectivity index (χ1v) is 12.5. The molecule has 0 radical (unpaired) electrons. The zero-order chi connectivity index (χ0) is 23.8. The average molecular weight is 475 g/mol. The molecule has 1 aromatic carbocycles. The molecule has 2 atom stereocenters. The van der Waals surface area contributed by atoms with E-state index in [1.165, 1.54) is 0 Å². The SMILES string of the molecule is COc1ccc(CCC(=O)N2CCN(C(=O)NCC(C3CCOC3)N3CCOCC3)CC2)cc1. The number of ether oxygens (including phenoxy) is 3. The van der Waals surface area contributed by atoms with E-state index in [0.29, 0.717) is 51.5 Å². The van der Waals surface area contributed by atoms with Gasteiger partial charge in [-0.1, -0.05) is 12.1 Å². The molecule has 0 saturated carbocycles. The number of benzene rings is 1. The number of nitrogens with zero attached hydrogens (tertiary/aromatic N) is 3. The zero-order valence-electron chi connectivity index (χ0n) is 20.2. The minimum absolute atomic E-state index is 0.0393. The van der Waals surface area contributed by atoms with E-state index in [2.05, 4.69) is 10.2 Å². The molecule has 3 heterocycles. The molecule has 3 amide bonds. The van der Waals surface area contributed by atoms with Gasteiger partial charge in [0.1, 0.15) is 5.75 Å². The van der Waals surface area contributed by atoms with Crippen LogP contribution in [0.25, 0.3) is 0 Å². The largest absolute Gasteiger partial charge is 0.497 e. The van der Waals surface area contributed by atoms with E-state index in [1.54, 1.807) is 7.11 Å². The van der Waals surface area contributed by atoms with E-state index in [-0.39, 0.29) is 18.0 Å². The standard InChI is InChI=1S/C25H38N4O5/c1-32-22-5-2-20(3-6-22)4-7-24(30)28-9-11-29(12-10-28)25(31)26-18-23(21-8-15-34-19-21)27-13-16-33-17-14-27/h2-3,5-6,21,23H,4,7-19H2,1H3,(H,26,31). The number of rotatable bonds is 8. The first-order valence-electron chi connectivity index (χ1n) is 12.5. The lowest BCUT2D eigenvalue weighted by Gasteiger charge is -2.38. The lowest BCUT2D eigenvalue weighted by molar-refractivity contribution is -0.132. The summed E-state index contributed by atoms with van der Waals surface area (Å²) in [6, 6.07) is 8.06. The first-order chi connectivity index (χ1) is 16.6. The summed E-state index contributed by atoms with van der Waals surface area (Å²) in [7, 11) is 1.64. The normalized spacial score (nSPS) is 22.4. The number of carbonyl (C=O) groups excluding carboxylic acids is 2. The van der Waals surface area contributed by atoms with Gasteiger partial charge in [0.25, 0.3) is 0 Å². The minimum Gasteiger partial charge on any atom is -0.497 e. The molecule has 0 aromatic heterocycles. The summed E-state index contributed by atoms with van der Waals surface area (Å²) in [6.07, 6.45) is 2.22. The molecule has 4 rings (SSSR count). The Labute approximate surface area is 202 Å². The molecule has 3 saturated heterocycles. The molecule has 34 heavy (non-hydrogen) atoms. The summed E-state index contributed by atoms with van der Waals surface area (Å²) in [6.45, 7) is 7.75. The second-order valence-corrected chi connectivity index (χ2v) is 9.24. The second-order valence-electron chi connectivity index (χ2n) is 9.24.